The van der Waals surface area contributed by atoms with Crippen molar-refractivity contribution < 1.29 is 14.4 Å². The number of nitrogens with one attached hydrogen (secondary N) is 1. The minimum Gasteiger partial charge on any atom is -0.366 e. The molecule has 2 heterocycles. The molecule has 1 unspecified atom stereocenters. The number of aryl methyl sites for hydroxylation is 2. The molecule has 172 valence electrons. The molecule has 1 saturated heterocycles. The maximum atomic E-state index is 13.3. The molecule has 6 nitrogen and oxygen atoms in total. The number of hydrogen-bond donors (Lipinski definition) is 1. The fourth-order valence-corrected chi connectivity index (χ4v) is 5.25. The lowest BCUT2D eigenvalue weighted by molar-refractivity contribution is -0.122. The molecule has 0 spiro atoms. The molecule has 2 aromatic rings. The van der Waals surface area contributed by atoms with E-state index in [0.717, 1.165) is 34.6 Å². The molecule has 6 heteroatoms. The van der Waals surface area contributed by atoms with Gasteiger partial charge < -0.3 is 4.90 Å². The summed E-state index contributed by atoms with van der Waals surface area (Å²) in [6.45, 7) is 13.6. The summed E-state index contributed by atoms with van der Waals surface area (Å²) in [5.74, 6) is -0.938. The van der Waals surface area contributed by atoms with E-state index in [1.165, 1.54) is 11.3 Å². The quantitative estimate of drug-likeness (QED) is 0.528. The maximum absolute atomic E-state index is 13.3. The number of nitrogens with zero attached hydrogens (tertiary/aromatic N) is 2. The molecule has 0 aromatic heterocycles. The fraction of sp³-hybridized carbons (Fsp3) is 0.370. The van der Waals surface area contributed by atoms with Crippen LogP contribution in [0.4, 0.5) is 16.2 Å². The Balaban J connectivity index is 1.79. The van der Waals surface area contributed by atoms with Crippen LogP contribution >= 0.6 is 0 Å². The summed E-state index contributed by atoms with van der Waals surface area (Å²) in [5, 5.41) is 2.32. The van der Waals surface area contributed by atoms with Gasteiger partial charge in [-0.05, 0) is 93.5 Å². The van der Waals surface area contributed by atoms with Gasteiger partial charge in [0, 0.05) is 17.8 Å². The SMILES string of the molecule is CCN1c2cc(C)c(/C=C3/C(=O)NC(=O)N(c4ccccc4C)C3=O)cc2C(C)CC1(C)C. The lowest BCUT2D eigenvalue weighted by atomic mass is 9.79. The van der Waals surface area contributed by atoms with E-state index in [4.69, 9.17) is 0 Å². The number of amides is 4. The molecule has 0 bridgehead atoms. The number of fused-ring (bicyclic) bond motifs is 1. The third-order valence-corrected chi connectivity index (χ3v) is 6.85. The topological polar surface area (TPSA) is 69.7 Å². The second-order valence-electron chi connectivity index (χ2n) is 9.67. The largest absolute Gasteiger partial charge is 0.366 e. The first-order chi connectivity index (χ1) is 15.5. The number of hydrogen-bond acceptors (Lipinski definition) is 4. The molecular formula is C27H31N3O3. The summed E-state index contributed by atoms with van der Waals surface area (Å²) in [6, 6.07) is 10.6. The lowest BCUT2D eigenvalue weighted by Gasteiger charge is -2.47. The summed E-state index contributed by atoms with van der Waals surface area (Å²) in [6.07, 6.45) is 2.63. The number of benzene rings is 2. The van der Waals surface area contributed by atoms with E-state index in [2.05, 4.69) is 50.0 Å². The average molecular weight is 446 g/mol. The minimum atomic E-state index is -0.729. The standard InChI is InChI=1S/C27H31N3O3/c1-7-29-23-12-17(3)19(13-20(23)18(4)15-27(29,5)6)14-21-24(31)28-26(33)30(25(21)32)22-11-9-8-10-16(22)2/h8-14,18H,7,15H2,1-6H3,(H,28,31,33)/b21-14-. The van der Waals surface area contributed by atoms with Crippen molar-refractivity contribution in [2.45, 2.75) is 59.4 Å². The first-order valence-electron chi connectivity index (χ1n) is 11.4. The molecule has 0 aliphatic carbocycles. The van der Waals surface area contributed by atoms with Gasteiger partial charge in [0.15, 0.2) is 0 Å². The Morgan fingerprint density at radius 2 is 1.76 bits per heavy atom. The van der Waals surface area contributed by atoms with Gasteiger partial charge in [-0.3, -0.25) is 14.9 Å². The van der Waals surface area contributed by atoms with Crippen molar-refractivity contribution in [3.8, 4) is 0 Å². The zero-order valence-corrected chi connectivity index (χ0v) is 20.2. The normalized spacial score (nSPS) is 21.3. The van der Waals surface area contributed by atoms with Gasteiger partial charge in [-0.1, -0.05) is 25.1 Å². The molecule has 1 fully saturated rings. The summed E-state index contributed by atoms with van der Waals surface area (Å²) in [5.41, 5.74) is 5.46. The van der Waals surface area contributed by atoms with E-state index in [9.17, 15) is 14.4 Å². The van der Waals surface area contributed by atoms with Crippen LogP contribution in [-0.4, -0.2) is 29.9 Å². The number of carbonyl (C=O) groups is 3. The van der Waals surface area contributed by atoms with Crippen molar-refractivity contribution in [3.05, 3.63) is 64.2 Å². The molecule has 2 aliphatic heterocycles. The monoisotopic (exact) mass is 445 g/mol. The van der Waals surface area contributed by atoms with Crippen LogP contribution in [-0.2, 0) is 9.59 Å². The van der Waals surface area contributed by atoms with Gasteiger partial charge in [0.1, 0.15) is 5.57 Å². The fourth-order valence-electron chi connectivity index (χ4n) is 5.25. The van der Waals surface area contributed by atoms with Gasteiger partial charge in [-0.15, -0.1) is 0 Å². The van der Waals surface area contributed by atoms with Crippen molar-refractivity contribution in [1.29, 1.82) is 0 Å². The van der Waals surface area contributed by atoms with Crippen LogP contribution in [0.2, 0.25) is 0 Å². The number of para-hydroxylation sites is 1. The molecular weight excluding hydrogens is 414 g/mol. The van der Waals surface area contributed by atoms with Crippen molar-refractivity contribution in [2.75, 3.05) is 16.3 Å². The molecule has 2 aliphatic rings. The molecule has 0 saturated carbocycles. The number of imide groups is 2. The van der Waals surface area contributed by atoms with Crippen molar-refractivity contribution in [2.24, 2.45) is 0 Å². The van der Waals surface area contributed by atoms with Crippen molar-refractivity contribution in [1.82, 2.24) is 5.32 Å². The Hall–Kier alpha value is -3.41. The van der Waals surface area contributed by atoms with E-state index >= 15 is 0 Å². The van der Waals surface area contributed by atoms with E-state index in [-0.39, 0.29) is 11.1 Å². The molecule has 1 atom stereocenters. The van der Waals surface area contributed by atoms with Crippen LogP contribution in [0.3, 0.4) is 0 Å². The zero-order chi connectivity index (χ0) is 24.1. The van der Waals surface area contributed by atoms with Gasteiger partial charge >= 0.3 is 6.03 Å². The molecule has 4 rings (SSSR count). The van der Waals surface area contributed by atoms with Gasteiger partial charge in [0.25, 0.3) is 11.8 Å². The van der Waals surface area contributed by atoms with Crippen molar-refractivity contribution in [3.63, 3.8) is 0 Å². The Bertz CT molecular complexity index is 1200. The van der Waals surface area contributed by atoms with Crippen molar-refractivity contribution >= 4 is 35.3 Å². The smallest absolute Gasteiger partial charge is 0.335 e. The second-order valence-corrected chi connectivity index (χ2v) is 9.67. The minimum absolute atomic E-state index is 0.0444. The Kier molecular flexibility index (Phi) is 5.64. The number of carbonyl (C=O) groups excluding carboxylic acids is 3. The summed E-state index contributed by atoms with van der Waals surface area (Å²) in [7, 11) is 0. The third kappa shape index (κ3) is 3.84. The highest BCUT2D eigenvalue weighted by Crippen LogP contribution is 2.44. The number of anilines is 2. The Labute approximate surface area is 195 Å². The Morgan fingerprint density at radius 1 is 1.06 bits per heavy atom. The number of barbiturate groups is 1. The Morgan fingerprint density at radius 3 is 2.42 bits per heavy atom. The lowest BCUT2D eigenvalue weighted by Crippen LogP contribution is -2.54. The zero-order valence-electron chi connectivity index (χ0n) is 20.2. The second kappa shape index (κ2) is 8.18. The van der Waals surface area contributed by atoms with Crippen LogP contribution in [0.15, 0.2) is 42.0 Å². The van der Waals surface area contributed by atoms with E-state index in [0.29, 0.717) is 11.6 Å². The van der Waals surface area contributed by atoms with E-state index in [1.54, 1.807) is 18.2 Å². The summed E-state index contributed by atoms with van der Waals surface area (Å²) < 4.78 is 0. The highest BCUT2D eigenvalue weighted by molar-refractivity contribution is 6.39. The van der Waals surface area contributed by atoms with E-state index in [1.807, 2.05) is 26.0 Å². The van der Waals surface area contributed by atoms with Gasteiger partial charge in [-0.2, -0.15) is 0 Å². The van der Waals surface area contributed by atoms with Crippen LogP contribution in [0.5, 0.6) is 0 Å². The molecule has 0 radical (unpaired) electrons. The third-order valence-electron chi connectivity index (χ3n) is 6.85. The highest BCUT2D eigenvalue weighted by Gasteiger charge is 2.38. The van der Waals surface area contributed by atoms with Crippen LogP contribution in [0.25, 0.3) is 6.08 Å². The van der Waals surface area contributed by atoms with Gasteiger partial charge in [0.2, 0.25) is 0 Å². The predicted octanol–water partition coefficient (Wildman–Crippen LogP) is 5.08. The summed E-state index contributed by atoms with van der Waals surface area (Å²) >= 11 is 0. The first-order valence-corrected chi connectivity index (χ1v) is 11.4. The van der Waals surface area contributed by atoms with Crippen LogP contribution < -0.4 is 15.1 Å². The average Bonchev–Trinajstić information content (AvgIpc) is 2.72. The molecule has 2 aromatic carbocycles. The molecule has 1 N–H and O–H groups in total. The van der Waals surface area contributed by atoms with Gasteiger partial charge in [-0.25, -0.2) is 9.69 Å². The van der Waals surface area contributed by atoms with Crippen LogP contribution in [0.1, 0.15) is 62.3 Å². The highest BCUT2D eigenvalue weighted by atomic mass is 16.2. The van der Waals surface area contributed by atoms with E-state index < -0.39 is 17.8 Å². The molecule has 33 heavy (non-hydrogen) atoms. The van der Waals surface area contributed by atoms with Crippen LogP contribution in [0, 0.1) is 13.8 Å². The molecule has 4 amide bonds. The first kappa shape index (κ1) is 22.8. The predicted molar refractivity (Wildman–Crippen MR) is 131 cm³/mol. The number of rotatable bonds is 3. The number of urea groups is 1. The van der Waals surface area contributed by atoms with Gasteiger partial charge in [0.05, 0.1) is 5.69 Å². The maximum Gasteiger partial charge on any atom is 0.335 e. The summed E-state index contributed by atoms with van der Waals surface area (Å²) in [4.78, 5) is 42.0.